The van der Waals surface area contributed by atoms with Gasteiger partial charge in [0.1, 0.15) is 12.4 Å². The number of ether oxygens (including phenoxy) is 2. The maximum Gasteiger partial charge on any atom is 0.191 e. The Labute approximate surface area is 185 Å². The molecule has 0 radical (unpaired) electrons. The van der Waals surface area contributed by atoms with E-state index in [9.17, 15) is 0 Å². The topological polar surface area (TPSA) is 71.0 Å². The predicted molar refractivity (Wildman–Crippen MR) is 124 cm³/mol. The molecule has 1 aliphatic rings. The third-order valence-electron chi connectivity index (χ3n) is 5.48. The first-order chi connectivity index (χ1) is 15.2. The molecule has 1 aromatic heterocycles. The van der Waals surface area contributed by atoms with Crippen LogP contribution in [0.15, 0.2) is 53.7 Å². The summed E-state index contributed by atoms with van der Waals surface area (Å²) < 4.78 is 11.3. The first-order valence-corrected chi connectivity index (χ1v) is 11.0. The van der Waals surface area contributed by atoms with Crippen molar-refractivity contribution in [2.75, 3.05) is 39.9 Å². The molecule has 31 heavy (non-hydrogen) atoms. The average Bonchev–Trinajstić information content (AvgIpc) is 2.81. The second kappa shape index (κ2) is 12.3. The highest BCUT2D eigenvalue weighted by Crippen LogP contribution is 2.14. The zero-order valence-corrected chi connectivity index (χ0v) is 18.9. The molecule has 3 rings (SSSR count). The molecule has 1 aromatic carbocycles. The summed E-state index contributed by atoms with van der Waals surface area (Å²) in [6.07, 6.45) is 1.78. The van der Waals surface area contributed by atoms with Crippen molar-refractivity contribution in [3.8, 4) is 5.75 Å². The van der Waals surface area contributed by atoms with E-state index >= 15 is 0 Å². The molecule has 2 heterocycles. The van der Waals surface area contributed by atoms with Crippen LogP contribution in [0, 0.1) is 5.92 Å². The zero-order valence-electron chi connectivity index (χ0n) is 18.9. The molecule has 168 valence electrons. The normalized spacial score (nSPS) is 16.2. The number of aliphatic imine (C=N–C) groups is 1. The third-order valence-corrected chi connectivity index (χ3v) is 5.48. The molecule has 2 N–H and O–H groups in total. The van der Waals surface area contributed by atoms with Crippen LogP contribution in [0.2, 0.25) is 0 Å². The van der Waals surface area contributed by atoms with Gasteiger partial charge in [-0.15, -0.1) is 0 Å². The number of rotatable bonds is 9. The van der Waals surface area contributed by atoms with Crippen molar-refractivity contribution in [3.63, 3.8) is 0 Å². The highest BCUT2D eigenvalue weighted by atomic mass is 16.5. The Morgan fingerprint density at radius 2 is 1.90 bits per heavy atom. The molecule has 1 aliphatic heterocycles. The number of nitrogens with zero attached hydrogens (tertiary/aromatic N) is 3. The van der Waals surface area contributed by atoms with Crippen LogP contribution in [0.5, 0.6) is 5.75 Å². The molecule has 7 nitrogen and oxygen atoms in total. The second-order valence-corrected chi connectivity index (χ2v) is 8.02. The van der Waals surface area contributed by atoms with Crippen LogP contribution in [0.25, 0.3) is 0 Å². The summed E-state index contributed by atoms with van der Waals surface area (Å²) in [7, 11) is 1.81. The lowest BCUT2D eigenvalue weighted by atomic mass is 10.0. The van der Waals surface area contributed by atoms with Gasteiger partial charge in [0.15, 0.2) is 5.96 Å². The van der Waals surface area contributed by atoms with Gasteiger partial charge in [-0.1, -0.05) is 32.0 Å². The molecule has 1 atom stereocenters. The summed E-state index contributed by atoms with van der Waals surface area (Å²) in [5, 5.41) is 6.90. The lowest BCUT2D eigenvalue weighted by Crippen LogP contribution is -2.52. The minimum atomic E-state index is 0.456. The summed E-state index contributed by atoms with van der Waals surface area (Å²) in [4.78, 5) is 11.2. The Balaban J connectivity index is 1.44. The molecule has 1 saturated heterocycles. The van der Waals surface area contributed by atoms with E-state index in [1.807, 2.05) is 37.4 Å². The van der Waals surface area contributed by atoms with E-state index in [-0.39, 0.29) is 0 Å². The Bertz CT molecular complexity index is 789. The summed E-state index contributed by atoms with van der Waals surface area (Å²) in [5.41, 5.74) is 2.08. The average molecular weight is 426 g/mol. The van der Waals surface area contributed by atoms with Gasteiger partial charge in [-0.05, 0) is 35.7 Å². The quantitative estimate of drug-likeness (QED) is 0.476. The van der Waals surface area contributed by atoms with E-state index in [1.54, 1.807) is 6.20 Å². The Kier molecular flexibility index (Phi) is 9.12. The van der Waals surface area contributed by atoms with Crippen molar-refractivity contribution in [2.24, 2.45) is 10.9 Å². The molecule has 1 fully saturated rings. The first-order valence-electron chi connectivity index (χ1n) is 11.0. The van der Waals surface area contributed by atoms with Gasteiger partial charge in [0.05, 0.1) is 18.9 Å². The van der Waals surface area contributed by atoms with Crippen molar-refractivity contribution in [3.05, 3.63) is 59.9 Å². The van der Waals surface area contributed by atoms with Crippen LogP contribution in [0.3, 0.4) is 0 Å². The van der Waals surface area contributed by atoms with Gasteiger partial charge < -0.3 is 20.1 Å². The molecule has 2 aromatic rings. The number of guanidine groups is 1. The Hall–Kier alpha value is -2.64. The van der Waals surface area contributed by atoms with Crippen LogP contribution >= 0.6 is 0 Å². The number of aromatic nitrogens is 1. The summed E-state index contributed by atoms with van der Waals surface area (Å²) in [6, 6.07) is 14.4. The number of nitrogens with one attached hydrogen (secondary N) is 2. The third kappa shape index (κ3) is 7.52. The van der Waals surface area contributed by atoms with E-state index < -0.39 is 0 Å². The van der Waals surface area contributed by atoms with Crippen molar-refractivity contribution in [1.29, 1.82) is 0 Å². The van der Waals surface area contributed by atoms with Crippen molar-refractivity contribution in [2.45, 2.75) is 33.0 Å². The number of benzene rings is 1. The largest absolute Gasteiger partial charge is 0.487 e. The van der Waals surface area contributed by atoms with E-state index in [0.29, 0.717) is 25.1 Å². The van der Waals surface area contributed by atoms with E-state index in [1.165, 1.54) is 5.56 Å². The minimum Gasteiger partial charge on any atom is -0.487 e. The highest BCUT2D eigenvalue weighted by Gasteiger charge is 2.23. The minimum absolute atomic E-state index is 0.456. The molecular weight excluding hydrogens is 390 g/mol. The van der Waals surface area contributed by atoms with Crippen LogP contribution in [-0.4, -0.2) is 61.8 Å². The summed E-state index contributed by atoms with van der Waals surface area (Å²) in [5.74, 6) is 2.21. The van der Waals surface area contributed by atoms with Gasteiger partial charge in [-0.2, -0.15) is 0 Å². The van der Waals surface area contributed by atoms with Gasteiger partial charge in [0.25, 0.3) is 0 Å². The van der Waals surface area contributed by atoms with Gasteiger partial charge >= 0.3 is 0 Å². The molecule has 0 amide bonds. The lowest BCUT2D eigenvalue weighted by molar-refractivity contribution is 0.00752. The van der Waals surface area contributed by atoms with Crippen LogP contribution < -0.4 is 15.4 Å². The maximum atomic E-state index is 5.81. The molecule has 0 saturated carbocycles. The number of morpholine rings is 1. The fourth-order valence-corrected chi connectivity index (χ4v) is 3.65. The SMILES string of the molecule is CN=C(NCc1ccc(OCc2ccccn2)cc1)NCC(C(C)C)N1CCOCC1. The maximum absolute atomic E-state index is 5.81. The molecule has 7 heteroatoms. The Morgan fingerprint density at radius 3 is 2.55 bits per heavy atom. The first kappa shape index (κ1) is 23.0. The fourth-order valence-electron chi connectivity index (χ4n) is 3.65. The molecule has 1 unspecified atom stereocenters. The summed E-state index contributed by atoms with van der Waals surface area (Å²) >= 11 is 0. The lowest BCUT2D eigenvalue weighted by Gasteiger charge is -2.37. The second-order valence-electron chi connectivity index (χ2n) is 8.02. The highest BCUT2D eigenvalue weighted by molar-refractivity contribution is 5.79. The molecule has 0 spiro atoms. The smallest absolute Gasteiger partial charge is 0.191 e. The molecule has 0 aliphatic carbocycles. The van der Waals surface area contributed by atoms with Crippen LogP contribution in [0.1, 0.15) is 25.1 Å². The van der Waals surface area contributed by atoms with Gasteiger partial charge in [-0.25, -0.2) is 0 Å². The summed E-state index contributed by atoms with van der Waals surface area (Å²) in [6.45, 7) is 10.2. The predicted octanol–water partition coefficient (Wildman–Crippen LogP) is 2.68. The monoisotopic (exact) mass is 425 g/mol. The number of hydrogen-bond acceptors (Lipinski definition) is 5. The van der Waals surface area contributed by atoms with Crippen LogP contribution in [0.4, 0.5) is 0 Å². The van der Waals surface area contributed by atoms with Crippen LogP contribution in [-0.2, 0) is 17.9 Å². The van der Waals surface area contributed by atoms with Gasteiger partial charge in [-0.3, -0.25) is 14.9 Å². The Morgan fingerprint density at radius 1 is 1.13 bits per heavy atom. The number of pyridine rings is 1. The van der Waals surface area contributed by atoms with E-state index in [4.69, 9.17) is 9.47 Å². The van der Waals surface area contributed by atoms with Crippen molar-refractivity contribution < 1.29 is 9.47 Å². The zero-order chi connectivity index (χ0) is 21.9. The number of hydrogen-bond donors (Lipinski definition) is 2. The standard InChI is InChI=1S/C24H35N5O2/c1-19(2)23(29-12-14-30-15-13-29)17-28-24(25-3)27-16-20-7-9-22(10-8-20)31-18-21-6-4-5-11-26-21/h4-11,19,23H,12-18H2,1-3H3,(H2,25,27,28). The van der Waals surface area contributed by atoms with Crippen molar-refractivity contribution >= 4 is 5.96 Å². The van der Waals surface area contributed by atoms with Crippen molar-refractivity contribution in [1.82, 2.24) is 20.5 Å². The van der Waals surface area contributed by atoms with Gasteiger partial charge in [0, 0.05) is 45.5 Å². The fraction of sp³-hybridized carbons (Fsp3) is 0.500. The van der Waals surface area contributed by atoms with Gasteiger partial charge in [0.2, 0.25) is 0 Å². The molecule has 0 bridgehead atoms. The van der Waals surface area contributed by atoms with E-state index in [2.05, 4.69) is 51.5 Å². The molecular formula is C24H35N5O2. The van der Waals surface area contributed by atoms with E-state index in [0.717, 1.165) is 50.3 Å².